The second-order valence-electron chi connectivity index (χ2n) is 3.70. The zero-order chi connectivity index (χ0) is 13.8. The minimum atomic E-state index is 0.342. The second-order valence-corrected chi connectivity index (χ2v) is 4.90. The average molecular weight is 313 g/mol. The van der Waals surface area contributed by atoms with Crippen LogP contribution >= 0.6 is 35.4 Å². The fourth-order valence-electron chi connectivity index (χ4n) is 1.36. The first kappa shape index (κ1) is 14.0. The Balaban J connectivity index is 2.08. The Morgan fingerprint density at radius 1 is 1.21 bits per heavy atom. The molecule has 1 aromatic heterocycles. The number of benzene rings is 1. The number of anilines is 2. The molecule has 1 heterocycles. The Morgan fingerprint density at radius 2 is 2.00 bits per heavy atom. The van der Waals surface area contributed by atoms with E-state index in [0.717, 1.165) is 5.69 Å². The minimum Gasteiger partial charge on any atom is -0.331 e. The normalized spacial score (nSPS) is 10.1. The number of thiocarbonyl (C=S) groups is 1. The van der Waals surface area contributed by atoms with Gasteiger partial charge in [-0.3, -0.25) is 0 Å². The fraction of sp³-hybridized carbons (Fsp3) is 0.0833. The molecule has 0 unspecified atom stereocenters. The highest BCUT2D eigenvalue weighted by molar-refractivity contribution is 7.80. The smallest absolute Gasteiger partial charge is 0.229 e. The quantitative estimate of drug-likeness (QED) is 0.824. The molecule has 2 rings (SSSR count). The van der Waals surface area contributed by atoms with Crippen LogP contribution in [0.15, 0.2) is 30.5 Å². The Hall–Kier alpha value is -1.43. The highest BCUT2D eigenvalue weighted by Crippen LogP contribution is 2.29. The molecule has 0 amide bonds. The predicted molar refractivity (Wildman–Crippen MR) is 83.1 cm³/mol. The van der Waals surface area contributed by atoms with Crippen LogP contribution in [0.3, 0.4) is 0 Å². The lowest BCUT2D eigenvalue weighted by Crippen LogP contribution is -2.20. The van der Waals surface area contributed by atoms with Gasteiger partial charge in [0, 0.05) is 11.9 Å². The first-order valence-corrected chi connectivity index (χ1v) is 6.54. The van der Waals surface area contributed by atoms with Crippen molar-refractivity contribution < 1.29 is 0 Å². The summed E-state index contributed by atoms with van der Waals surface area (Å²) in [6, 6.07) is 7.06. The molecule has 0 aliphatic rings. The zero-order valence-corrected chi connectivity index (χ0v) is 12.3. The van der Waals surface area contributed by atoms with Gasteiger partial charge >= 0.3 is 0 Å². The van der Waals surface area contributed by atoms with Gasteiger partial charge in [-0.25, -0.2) is 9.97 Å². The molecule has 0 bridgehead atoms. The number of hydrogen-bond acceptors (Lipinski definition) is 3. The van der Waals surface area contributed by atoms with E-state index in [9.17, 15) is 0 Å². The maximum Gasteiger partial charge on any atom is 0.229 e. The molecule has 0 radical (unpaired) electrons. The molecular formula is C12H10Cl2N4S. The van der Waals surface area contributed by atoms with Crippen LogP contribution < -0.4 is 10.6 Å². The lowest BCUT2D eigenvalue weighted by molar-refractivity contribution is 1.11. The van der Waals surface area contributed by atoms with Crippen molar-refractivity contribution in [2.24, 2.45) is 0 Å². The maximum absolute atomic E-state index is 6.05. The van der Waals surface area contributed by atoms with E-state index in [1.807, 2.05) is 6.92 Å². The molecule has 98 valence electrons. The number of nitrogens with zero attached hydrogens (tertiary/aromatic N) is 2. The van der Waals surface area contributed by atoms with E-state index >= 15 is 0 Å². The number of rotatable bonds is 2. The van der Waals surface area contributed by atoms with Gasteiger partial charge in [-0.15, -0.1) is 0 Å². The van der Waals surface area contributed by atoms with E-state index in [1.165, 1.54) is 0 Å². The third-order valence-corrected chi connectivity index (χ3v) is 3.24. The zero-order valence-electron chi connectivity index (χ0n) is 9.95. The molecule has 0 aliphatic heterocycles. The van der Waals surface area contributed by atoms with E-state index in [0.29, 0.717) is 26.8 Å². The van der Waals surface area contributed by atoms with Crippen LogP contribution in [-0.4, -0.2) is 15.1 Å². The van der Waals surface area contributed by atoms with Crippen LogP contribution in [0.25, 0.3) is 0 Å². The van der Waals surface area contributed by atoms with Crippen LogP contribution in [0.1, 0.15) is 5.69 Å². The van der Waals surface area contributed by atoms with Gasteiger partial charge < -0.3 is 10.6 Å². The maximum atomic E-state index is 6.05. The van der Waals surface area contributed by atoms with E-state index in [4.69, 9.17) is 35.4 Å². The first-order chi connectivity index (χ1) is 9.06. The Kier molecular flexibility index (Phi) is 4.52. The van der Waals surface area contributed by atoms with Crippen molar-refractivity contribution in [3.63, 3.8) is 0 Å². The number of aryl methyl sites for hydroxylation is 1. The summed E-state index contributed by atoms with van der Waals surface area (Å²) in [6.45, 7) is 1.87. The Labute approximate surface area is 126 Å². The summed E-state index contributed by atoms with van der Waals surface area (Å²) in [7, 11) is 0. The van der Waals surface area contributed by atoms with E-state index in [2.05, 4.69) is 20.6 Å². The van der Waals surface area contributed by atoms with Gasteiger partial charge in [0.15, 0.2) is 5.11 Å². The lowest BCUT2D eigenvalue weighted by Gasteiger charge is -2.11. The van der Waals surface area contributed by atoms with Crippen LogP contribution in [0.2, 0.25) is 10.0 Å². The Morgan fingerprint density at radius 3 is 2.74 bits per heavy atom. The topological polar surface area (TPSA) is 49.8 Å². The lowest BCUT2D eigenvalue weighted by atomic mass is 10.3. The highest BCUT2D eigenvalue weighted by atomic mass is 35.5. The van der Waals surface area contributed by atoms with Gasteiger partial charge in [-0.1, -0.05) is 29.3 Å². The first-order valence-electron chi connectivity index (χ1n) is 5.38. The molecule has 7 heteroatoms. The minimum absolute atomic E-state index is 0.342. The van der Waals surface area contributed by atoms with Crippen molar-refractivity contribution in [3.8, 4) is 0 Å². The molecule has 1 aromatic carbocycles. The van der Waals surface area contributed by atoms with Crippen LogP contribution in [0.4, 0.5) is 11.6 Å². The average Bonchev–Trinajstić information content (AvgIpc) is 2.35. The molecule has 0 spiro atoms. The third kappa shape index (κ3) is 3.76. The van der Waals surface area contributed by atoms with Crippen molar-refractivity contribution in [1.29, 1.82) is 0 Å². The summed E-state index contributed by atoms with van der Waals surface area (Å²) in [4.78, 5) is 8.24. The van der Waals surface area contributed by atoms with Crippen LogP contribution in [-0.2, 0) is 0 Å². The largest absolute Gasteiger partial charge is 0.331 e. The molecule has 2 N–H and O–H groups in total. The third-order valence-electron chi connectivity index (χ3n) is 2.22. The van der Waals surface area contributed by atoms with Crippen molar-refractivity contribution in [2.45, 2.75) is 6.92 Å². The summed E-state index contributed by atoms with van der Waals surface area (Å²) in [5, 5.41) is 7.03. The number of halogens is 2. The number of hydrogen-bond donors (Lipinski definition) is 2. The van der Waals surface area contributed by atoms with E-state index < -0.39 is 0 Å². The molecule has 19 heavy (non-hydrogen) atoms. The molecule has 0 atom stereocenters. The summed E-state index contributed by atoms with van der Waals surface area (Å²) in [5.41, 5.74) is 1.47. The number of nitrogens with one attached hydrogen (secondary N) is 2. The van der Waals surface area contributed by atoms with E-state index in [-0.39, 0.29) is 0 Å². The summed E-state index contributed by atoms with van der Waals surface area (Å²) < 4.78 is 0. The molecule has 4 nitrogen and oxygen atoms in total. The summed E-state index contributed by atoms with van der Waals surface area (Å²) in [5.74, 6) is 0.427. The van der Waals surface area contributed by atoms with E-state index in [1.54, 1.807) is 30.5 Å². The standard InChI is InChI=1S/C12H10Cl2N4S/c1-7-5-6-15-11(16-7)18-12(19)17-9-4-2-3-8(13)10(9)14/h2-6H,1H3,(H2,15,16,17,18,19). The van der Waals surface area contributed by atoms with Crippen LogP contribution in [0.5, 0.6) is 0 Å². The molecule has 2 aromatic rings. The molecule has 0 saturated heterocycles. The molecule has 0 saturated carbocycles. The molecular weight excluding hydrogens is 303 g/mol. The van der Waals surface area contributed by atoms with Gasteiger partial charge in [0.2, 0.25) is 5.95 Å². The predicted octanol–water partition coefficient (Wildman–Crippen LogP) is 3.90. The van der Waals surface area contributed by atoms with Gasteiger partial charge in [0.25, 0.3) is 0 Å². The number of aromatic nitrogens is 2. The van der Waals surface area contributed by atoms with Crippen molar-refractivity contribution in [2.75, 3.05) is 10.6 Å². The summed E-state index contributed by atoms with van der Waals surface area (Å²) in [6.07, 6.45) is 1.65. The molecule has 0 aliphatic carbocycles. The van der Waals surface area contributed by atoms with Gasteiger partial charge in [-0.2, -0.15) is 0 Å². The molecule has 0 fully saturated rings. The Bertz CT molecular complexity index is 618. The van der Waals surface area contributed by atoms with Crippen LogP contribution in [0, 0.1) is 6.92 Å². The second kappa shape index (κ2) is 6.14. The fourth-order valence-corrected chi connectivity index (χ4v) is 1.91. The SMILES string of the molecule is Cc1ccnc(NC(=S)Nc2cccc(Cl)c2Cl)n1. The van der Waals surface area contributed by atoms with Gasteiger partial charge in [0.05, 0.1) is 15.7 Å². The van der Waals surface area contributed by atoms with Crippen molar-refractivity contribution in [3.05, 3.63) is 46.2 Å². The van der Waals surface area contributed by atoms with Crippen molar-refractivity contribution in [1.82, 2.24) is 9.97 Å². The van der Waals surface area contributed by atoms with Crippen molar-refractivity contribution >= 4 is 52.2 Å². The van der Waals surface area contributed by atoms with Gasteiger partial charge in [0.1, 0.15) is 0 Å². The summed E-state index contributed by atoms with van der Waals surface area (Å²) >= 11 is 17.1. The van der Waals surface area contributed by atoms with Gasteiger partial charge in [-0.05, 0) is 37.3 Å². The highest BCUT2D eigenvalue weighted by Gasteiger charge is 2.06. The monoisotopic (exact) mass is 312 g/mol.